The topological polar surface area (TPSA) is 59.1 Å². The molecular formula is C12H18N2O. The van der Waals surface area contributed by atoms with Crippen LogP contribution in [0.15, 0.2) is 24.3 Å². The number of hydrogen-bond acceptors (Lipinski definition) is 2. The number of hydrogen-bond donors (Lipinski definition) is 2. The Morgan fingerprint density at radius 2 is 2.00 bits per heavy atom. The van der Waals surface area contributed by atoms with Gasteiger partial charge in [-0.05, 0) is 18.9 Å². The third-order valence-electron chi connectivity index (χ3n) is 2.37. The minimum atomic E-state index is 0.101. The van der Waals surface area contributed by atoms with Crippen LogP contribution in [0.3, 0.4) is 0 Å². The molecule has 1 aromatic rings. The highest BCUT2D eigenvalue weighted by molar-refractivity contribution is 5.94. The summed E-state index contributed by atoms with van der Waals surface area (Å²) in [5.41, 5.74) is 7.22. The van der Waals surface area contributed by atoms with Crippen LogP contribution >= 0.6 is 0 Å². The second-order valence-corrected chi connectivity index (χ2v) is 3.64. The molecule has 0 saturated carbocycles. The summed E-state index contributed by atoms with van der Waals surface area (Å²) < 4.78 is 5.59. The van der Waals surface area contributed by atoms with Gasteiger partial charge in [0.2, 0.25) is 0 Å². The first-order chi connectivity index (χ1) is 7.13. The smallest absolute Gasteiger partial charge is 0.122 e. The lowest BCUT2D eigenvalue weighted by Gasteiger charge is -2.10. The fourth-order valence-electron chi connectivity index (χ4n) is 1.14. The van der Waals surface area contributed by atoms with Crippen LogP contribution in [-0.2, 0) is 11.3 Å². The maximum absolute atomic E-state index is 7.25. The lowest BCUT2D eigenvalue weighted by molar-refractivity contribution is 0.0508. The molecule has 0 fully saturated rings. The molecule has 3 N–H and O–H groups in total. The van der Waals surface area contributed by atoms with Gasteiger partial charge in [-0.1, -0.05) is 31.2 Å². The highest BCUT2D eigenvalue weighted by Gasteiger charge is 2.00. The zero-order chi connectivity index (χ0) is 11.3. The van der Waals surface area contributed by atoms with E-state index in [0.717, 1.165) is 17.5 Å². The predicted octanol–water partition coefficient (Wildman–Crippen LogP) is 2.29. The van der Waals surface area contributed by atoms with Crippen LogP contribution < -0.4 is 5.73 Å². The van der Waals surface area contributed by atoms with Crippen molar-refractivity contribution in [3.8, 4) is 0 Å². The summed E-state index contributed by atoms with van der Waals surface area (Å²) in [6.45, 7) is 4.78. The second kappa shape index (κ2) is 5.51. The Kier molecular flexibility index (Phi) is 4.31. The summed E-state index contributed by atoms with van der Waals surface area (Å²) >= 11 is 0. The van der Waals surface area contributed by atoms with Crippen molar-refractivity contribution in [2.24, 2.45) is 5.73 Å². The summed E-state index contributed by atoms with van der Waals surface area (Å²) in [6, 6.07) is 7.58. The first-order valence-electron chi connectivity index (χ1n) is 5.18. The molecule has 0 spiro atoms. The van der Waals surface area contributed by atoms with Crippen molar-refractivity contribution < 1.29 is 4.74 Å². The van der Waals surface area contributed by atoms with Gasteiger partial charge >= 0.3 is 0 Å². The zero-order valence-corrected chi connectivity index (χ0v) is 9.29. The summed E-state index contributed by atoms with van der Waals surface area (Å²) in [4.78, 5) is 0. The quantitative estimate of drug-likeness (QED) is 0.573. The fraction of sp³-hybridized carbons (Fsp3) is 0.417. The van der Waals surface area contributed by atoms with E-state index in [-0.39, 0.29) is 11.9 Å². The monoisotopic (exact) mass is 206 g/mol. The Morgan fingerprint density at radius 1 is 1.40 bits per heavy atom. The number of ether oxygens (including phenoxy) is 1. The van der Waals surface area contributed by atoms with E-state index in [1.165, 1.54) is 0 Å². The van der Waals surface area contributed by atoms with E-state index >= 15 is 0 Å². The fourth-order valence-corrected chi connectivity index (χ4v) is 1.14. The molecule has 1 rings (SSSR count). The SMILES string of the molecule is CCC(C)OCc1ccc(C(=N)N)cc1. The molecular weight excluding hydrogens is 188 g/mol. The summed E-state index contributed by atoms with van der Waals surface area (Å²) in [5, 5.41) is 7.25. The number of benzene rings is 1. The highest BCUT2D eigenvalue weighted by atomic mass is 16.5. The van der Waals surface area contributed by atoms with Crippen molar-refractivity contribution in [1.82, 2.24) is 0 Å². The van der Waals surface area contributed by atoms with E-state index < -0.39 is 0 Å². The van der Waals surface area contributed by atoms with Gasteiger partial charge in [0.1, 0.15) is 5.84 Å². The molecule has 0 aliphatic carbocycles. The molecule has 3 nitrogen and oxygen atoms in total. The third kappa shape index (κ3) is 3.72. The molecule has 0 saturated heterocycles. The number of nitrogens with one attached hydrogen (secondary N) is 1. The zero-order valence-electron chi connectivity index (χ0n) is 9.29. The Labute approximate surface area is 90.8 Å². The molecule has 0 heterocycles. The molecule has 0 radical (unpaired) electrons. The predicted molar refractivity (Wildman–Crippen MR) is 62.0 cm³/mol. The minimum absolute atomic E-state index is 0.101. The van der Waals surface area contributed by atoms with E-state index in [4.69, 9.17) is 15.9 Å². The molecule has 82 valence electrons. The first kappa shape index (κ1) is 11.7. The van der Waals surface area contributed by atoms with Gasteiger partial charge in [0.15, 0.2) is 0 Å². The van der Waals surface area contributed by atoms with Gasteiger partial charge in [0.25, 0.3) is 0 Å². The Bertz CT molecular complexity index is 319. The largest absolute Gasteiger partial charge is 0.384 e. The van der Waals surface area contributed by atoms with Crippen molar-refractivity contribution in [3.05, 3.63) is 35.4 Å². The molecule has 0 bridgehead atoms. The molecule has 0 aliphatic heterocycles. The second-order valence-electron chi connectivity index (χ2n) is 3.64. The van der Waals surface area contributed by atoms with Gasteiger partial charge in [-0.25, -0.2) is 0 Å². The summed E-state index contributed by atoms with van der Waals surface area (Å²) in [6.07, 6.45) is 1.31. The maximum atomic E-state index is 7.25. The molecule has 3 heteroatoms. The van der Waals surface area contributed by atoms with Gasteiger partial charge in [-0.2, -0.15) is 0 Å². The van der Waals surface area contributed by atoms with E-state index in [1.54, 1.807) is 0 Å². The number of rotatable bonds is 5. The Morgan fingerprint density at radius 3 is 2.47 bits per heavy atom. The Hall–Kier alpha value is -1.35. The average molecular weight is 206 g/mol. The summed E-state index contributed by atoms with van der Waals surface area (Å²) in [5.74, 6) is 0.101. The average Bonchev–Trinajstić information content (AvgIpc) is 2.26. The van der Waals surface area contributed by atoms with Crippen molar-refractivity contribution in [2.45, 2.75) is 33.0 Å². The first-order valence-corrected chi connectivity index (χ1v) is 5.18. The maximum Gasteiger partial charge on any atom is 0.122 e. The number of nitrogen functional groups attached to an aromatic ring is 1. The lowest BCUT2D eigenvalue weighted by atomic mass is 10.1. The third-order valence-corrected chi connectivity index (χ3v) is 2.37. The molecule has 15 heavy (non-hydrogen) atoms. The molecule has 0 aromatic heterocycles. The van der Waals surface area contributed by atoms with E-state index in [0.29, 0.717) is 6.61 Å². The van der Waals surface area contributed by atoms with E-state index in [1.807, 2.05) is 24.3 Å². The van der Waals surface area contributed by atoms with Crippen molar-refractivity contribution in [1.29, 1.82) is 5.41 Å². The van der Waals surface area contributed by atoms with Gasteiger partial charge in [-0.15, -0.1) is 0 Å². The van der Waals surface area contributed by atoms with Gasteiger partial charge < -0.3 is 10.5 Å². The van der Waals surface area contributed by atoms with Crippen LogP contribution in [0.5, 0.6) is 0 Å². The van der Waals surface area contributed by atoms with Crippen molar-refractivity contribution >= 4 is 5.84 Å². The van der Waals surface area contributed by atoms with Gasteiger partial charge in [0.05, 0.1) is 12.7 Å². The Balaban J connectivity index is 2.53. The van der Waals surface area contributed by atoms with Crippen LogP contribution in [0.4, 0.5) is 0 Å². The van der Waals surface area contributed by atoms with E-state index in [9.17, 15) is 0 Å². The lowest BCUT2D eigenvalue weighted by Crippen LogP contribution is -2.11. The number of amidine groups is 1. The van der Waals surface area contributed by atoms with Gasteiger partial charge in [0, 0.05) is 5.56 Å². The normalized spacial score (nSPS) is 12.4. The van der Waals surface area contributed by atoms with Gasteiger partial charge in [-0.3, -0.25) is 5.41 Å². The van der Waals surface area contributed by atoms with Crippen molar-refractivity contribution in [2.75, 3.05) is 0 Å². The minimum Gasteiger partial charge on any atom is -0.384 e. The van der Waals surface area contributed by atoms with Crippen LogP contribution in [-0.4, -0.2) is 11.9 Å². The molecule has 1 atom stereocenters. The molecule has 0 amide bonds. The molecule has 0 aliphatic rings. The van der Waals surface area contributed by atoms with Crippen molar-refractivity contribution in [3.63, 3.8) is 0 Å². The number of nitrogens with two attached hydrogens (primary N) is 1. The van der Waals surface area contributed by atoms with Crippen LogP contribution in [0.2, 0.25) is 0 Å². The van der Waals surface area contributed by atoms with Crippen LogP contribution in [0.25, 0.3) is 0 Å². The van der Waals surface area contributed by atoms with Crippen LogP contribution in [0, 0.1) is 5.41 Å². The highest BCUT2D eigenvalue weighted by Crippen LogP contribution is 2.07. The molecule has 1 aromatic carbocycles. The van der Waals surface area contributed by atoms with E-state index in [2.05, 4.69) is 13.8 Å². The standard InChI is InChI=1S/C12H18N2O/c1-3-9(2)15-8-10-4-6-11(7-5-10)12(13)14/h4-7,9H,3,8H2,1-2H3,(H3,13,14). The van der Waals surface area contributed by atoms with Crippen LogP contribution in [0.1, 0.15) is 31.4 Å². The molecule has 1 unspecified atom stereocenters. The summed E-state index contributed by atoms with van der Waals surface area (Å²) in [7, 11) is 0.